The molecule has 1 aromatic carbocycles. The molecule has 1 atom stereocenters. The zero-order chi connectivity index (χ0) is 14.7. The Morgan fingerprint density at radius 3 is 2.95 bits per heavy atom. The lowest BCUT2D eigenvalue weighted by atomic mass is 10.2. The summed E-state index contributed by atoms with van der Waals surface area (Å²) in [6, 6.07) is 4.89. The van der Waals surface area contributed by atoms with Gasteiger partial charge < -0.3 is 9.84 Å². The Balaban J connectivity index is 2.35. The van der Waals surface area contributed by atoms with Crippen LogP contribution in [0.5, 0.6) is 0 Å². The van der Waals surface area contributed by atoms with E-state index >= 15 is 0 Å². The summed E-state index contributed by atoms with van der Waals surface area (Å²) in [6.45, 7) is 1.98. The van der Waals surface area contributed by atoms with Gasteiger partial charge in [-0.15, -0.1) is 0 Å². The van der Waals surface area contributed by atoms with Crippen molar-refractivity contribution in [3.8, 4) is 11.5 Å². The molecule has 0 radical (unpaired) electrons. The first-order valence-electron chi connectivity index (χ1n) is 5.95. The van der Waals surface area contributed by atoms with Crippen LogP contribution in [0.3, 0.4) is 0 Å². The Morgan fingerprint density at radius 2 is 2.30 bits per heavy atom. The molecule has 0 fully saturated rings. The summed E-state index contributed by atoms with van der Waals surface area (Å²) in [5.74, 6) is 0.668. The molecule has 0 spiro atoms. The van der Waals surface area contributed by atoms with Gasteiger partial charge in [0, 0.05) is 23.0 Å². The van der Waals surface area contributed by atoms with Crippen LogP contribution in [0.4, 0.5) is 5.69 Å². The Morgan fingerprint density at radius 1 is 1.55 bits per heavy atom. The molecule has 0 aliphatic carbocycles. The van der Waals surface area contributed by atoms with E-state index in [1.807, 2.05) is 14.0 Å². The van der Waals surface area contributed by atoms with Crippen LogP contribution < -0.4 is 5.32 Å². The first-order valence-corrected chi connectivity index (χ1v) is 6.74. The van der Waals surface area contributed by atoms with Gasteiger partial charge in [0.1, 0.15) is 5.56 Å². The molecule has 0 saturated heterocycles. The van der Waals surface area contributed by atoms with Crippen LogP contribution in [-0.2, 0) is 6.42 Å². The molecule has 1 aromatic heterocycles. The lowest BCUT2D eigenvalue weighted by Crippen LogP contribution is -2.24. The molecule has 106 valence electrons. The van der Waals surface area contributed by atoms with Crippen molar-refractivity contribution >= 4 is 21.6 Å². The summed E-state index contributed by atoms with van der Waals surface area (Å²) in [5, 5.41) is 18.0. The summed E-state index contributed by atoms with van der Waals surface area (Å²) in [5.41, 5.74) is 0.241. The molecule has 0 aliphatic rings. The predicted molar refractivity (Wildman–Crippen MR) is 76.3 cm³/mol. The van der Waals surface area contributed by atoms with Gasteiger partial charge in [-0.05, 0) is 26.1 Å². The summed E-state index contributed by atoms with van der Waals surface area (Å²) in [7, 11) is 1.84. The fraction of sp³-hybridized carbons (Fsp3) is 0.333. The number of nitro benzene ring substituents is 1. The number of hydrogen-bond acceptors (Lipinski definition) is 6. The van der Waals surface area contributed by atoms with Crippen molar-refractivity contribution in [3.63, 3.8) is 0 Å². The first kappa shape index (κ1) is 14.6. The van der Waals surface area contributed by atoms with E-state index in [-0.39, 0.29) is 17.6 Å². The van der Waals surface area contributed by atoms with Crippen LogP contribution in [0, 0.1) is 10.1 Å². The quantitative estimate of drug-likeness (QED) is 0.663. The number of rotatable bonds is 5. The Labute approximate surface area is 123 Å². The smallest absolute Gasteiger partial charge is 0.283 e. The maximum absolute atomic E-state index is 11.1. The highest BCUT2D eigenvalue weighted by atomic mass is 79.9. The van der Waals surface area contributed by atoms with Crippen molar-refractivity contribution in [2.45, 2.75) is 19.4 Å². The van der Waals surface area contributed by atoms with Gasteiger partial charge >= 0.3 is 0 Å². The lowest BCUT2D eigenvalue weighted by Gasteiger charge is -2.04. The Kier molecular flexibility index (Phi) is 4.46. The fourth-order valence-electron chi connectivity index (χ4n) is 1.66. The molecule has 1 N–H and O–H groups in total. The third kappa shape index (κ3) is 3.20. The van der Waals surface area contributed by atoms with Crippen molar-refractivity contribution in [2.75, 3.05) is 7.05 Å². The van der Waals surface area contributed by atoms with Gasteiger partial charge in [0.05, 0.1) is 4.92 Å². The van der Waals surface area contributed by atoms with Crippen LogP contribution in [0.2, 0.25) is 0 Å². The highest BCUT2D eigenvalue weighted by molar-refractivity contribution is 9.10. The van der Waals surface area contributed by atoms with E-state index < -0.39 is 4.92 Å². The van der Waals surface area contributed by atoms with E-state index in [2.05, 4.69) is 31.4 Å². The van der Waals surface area contributed by atoms with Crippen molar-refractivity contribution < 1.29 is 9.45 Å². The van der Waals surface area contributed by atoms with Crippen LogP contribution in [0.1, 0.15) is 12.7 Å². The summed E-state index contributed by atoms with van der Waals surface area (Å²) >= 11 is 3.21. The van der Waals surface area contributed by atoms with E-state index in [1.54, 1.807) is 12.1 Å². The molecule has 1 unspecified atom stereocenters. The minimum atomic E-state index is -0.472. The maximum Gasteiger partial charge on any atom is 0.283 e. The third-order valence-electron chi connectivity index (χ3n) is 2.84. The molecule has 2 rings (SSSR count). The summed E-state index contributed by atoms with van der Waals surface area (Å²) < 4.78 is 5.74. The van der Waals surface area contributed by atoms with Crippen molar-refractivity contribution in [1.29, 1.82) is 0 Å². The number of benzene rings is 1. The molecule has 20 heavy (non-hydrogen) atoms. The number of hydrogen-bond donors (Lipinski definition) is 1. The zero-order valence-corrected chi connectivity index (χ0v) is 12.5. The number of halogens is 1. The van der Waals surface area contributed by atoms with Crippen molar-refractivity contribution in [1.82, 2.24) is 15.5 Å². The zero-order valence-electron chi connectivity index (χ0n) is 11.0. The number of nitro groups is 1. The third-order valence-corrected chi connectivity index (χ3v) is 3.33. The van der Waals surface area contributed by atoms with E-state index in [0.29, 0.717) is 22.3 Å². The fourth-order valence-corrected chi connectivity index (χ4v) is 2.01. The van der Waals surface area contributed by atoms with E-state index in [1.165, 1.54) is 6.07 Å². The van der Waals surface area contributed by atoms with Gasteiger partial charge in [-0.1, -0.05) is 21.1 Å². The molecule has 8 heteroatoms. The largest absolute Gasteiger partial charge is 0.334 e. The van der Waals surface area contributed by atoms with E-state index in [4.69, 9.17) is 4.52 Å². The normalized spacial score (nSPS) is 12.3. The molecule has 0 aliphatic heterocycles. The maximum atomic E-state index is 11.1. The van der Waals surface area contributed by atoms with Gasteiger partial charge in [0.2, 0.25) is 0 Å². The van der Waals surface area contributed by atoms with Crippen LogP contribution >= 0.6 is 15.9 Å². The molecular formula is C12H13BrN4O3. The van der Waals surface area contributed by atoms with Crippen LogP contribution in [-0.4, -0.2) is 28.2 Å². The molecule has 1 heterocycles. The Hall–Kier alpha value is -1.80. The standard InChI is InChI=1S/C12H13BrN4O3/c1-7(14-2)5-11-15-12(20-16-11)9-4-3-8(13)6-10(9)17(18)19/h3-4,6-7,14H,5H2,1-2H3. The average Bonchev–Trinajstić information content (AvgIpc) is 2.86. The van der Waals surface area contributed by atoms with Crippen molar-refractivity contribution in [2.24, 2.45) is 0 Å². The van der Waals surface area contributed by atoms with Gasteiger partial charge in [0.15, 0.2) is 5.82 Å². The first-order chi connectivity index (χ1) is 9.51. The van der Waals surface area contributed by atoms with E-state index in [0.717, 1.165) is 0 Å². The van der Waals surface area contributed by atoms with Gasteiger partial charge in [-0.2, -0.15) is 4.98 Å². The van der Waals surface area contributed by atoms with Gasteiger partial charge in [-0.3, -0.25) is 10.1 Å². The monoisotopic (exact) mass is 340 g/mol. The average molecular weight is 341 g/mol. The number of nitrogens with zero attached hydrogens (tertiary/aromatic N) is 3. The predicted octanol–water partition coefficient (Wildman–Crippen LogP) is 2.56. The number of aromatic nitrogens is 2. The molecular weight excluding hydrogens is 328 g/mol. The molecule has 2 aromatic rings. The SMILES string of the molecule is CNC(C)Cc1noc(-c2ccc(Br)cc2[N+](=O)[O-])n1. The molecule has 7 nitrogen and oxygen atoms in total. The lowest BCUT2D eigenvalue weighted by molar-refractivity contribution is -0.384. The minimum Gasteiger partial charge on any atom is -0.334 e. The van der Waals surface area contributed by atoms with Crippen LogP contribution in [0.15, 0.2) is 27.2 Å². The second-order valence-electron chi connectivity index (χ2n) is 4.33. The Bertz CT molecular complexity index is 629. The molecule has 0 saturated carbocycles. The highest BCUT2D eigenvalue weighted by Crippen LogP contribution is 2.31. The van der Waals surface area contributed by atoms with Crippen molar-refractivity contribution in [3.05, 3.63) is 38.6 Å². The highest BCUT2D eigenvalue weighted by Gasteiger charge is 2.21. The second kappa shape index (κ2) is 6.10. The van der Waals surface area contributed by atoms with Crippen LogP contribution in [0.25, 0.3) is 11.5 Å². The minimum absolute atomic E-state index is 0.0729. The number of likely N-dealkylation sites (N-methyl/N-ethyl adjacent to an activating group) is 1. The summed E-state index contributed by atoms with van der Waals surface area (Å²) in [4.78, 5) is 14.8. The van der Waals surface area contributed by atoms with Gasteiger partial charge in [-0.25, -0.2) is 0 Å². The molecule has 0 amide bonds. The summed E-state index contributed by atoms with van der Waals surface area (Å²) in [6.07, 6.45) is 0.588. The second-order valence-corrected chi connectivity index (χ2v) is 5.24. The van der Waals surface area contributed by atoms with Gasteiger partial charge in [0.25, 0.3) is 11.6 Å². The number of nitrogens with one attached hydrogen (secondary N) is 1. The van der Waals surface area contributed by atoms with E-state index in [9.17, 15) is 10.1 Å². The molecule has 0 bridgehead atoms. The topological polar surface area (TPSA) is 94.1 Å².